The van der Waals surface area contributed by atoms with E-state index in [2.05, 4.69) is 54.7 Å². The van der Waals surface area contributed by atoms with E-state index in [0.717, 1.165) is 25.9 Å². The van der Waals surface area contributed by atoms with E-state index in [-0.39, 0.29) is 6.61 Å². The second-order valence-corrected chi connectivity index (χ2v) is 6.60. The molecule has 0 radical (unpaired) electrons. The standard InChI is InChI=1S/C21H27NO/c1-16-14-18(10-11-20(16)19-7-4-12-22-15-19)21-9-3-2-6-17(21)8-5-13-23/h2-3,6,9-11,14,19,22-23H,4-5,7-8,12-13,15H2,1H3/t19-/m1/s1. The van der Waals surface area contributed by atoms with E-state index in [4.69, 9.17) is 5.11 Å². The van der Waals surface area contributed by atoms with Crippen LogP contribution in [0.5, 0.6) is 0 Å². The summed E-state index contributed by atoms with van der Waals surface area (Å²) < 4.78 is 0. The number of benzene rings is 2. The molecular weight excluding hydrogens is 282 g/mol. The predicted octanol–water partition coefficient (Wildman–Crippen LogP) is 4.05. The third-order valence-electron chi connectivity index (χ3n) is 4.94. The van der Waals surface area contributed by atoms with Gasteiger partial charge in [0.25, 0.3) is 0 Å². The van der Waals surface area contributed by atoms with Gasteiger partial charge in [-0.1, -0.05) is 42.5 Å². The minimum atomic E-state index is 0.251. The Morgan fingerprint density at radius 3 is 2.78 bits per heavy atom. The summed E-state index contributed by atoms with van der Waals surface area (Å²) in [6, 6.07) is 15.5. The highest BCUT2D eigenvalue weighted by Crippen LogP contribution is 2.31. The summed E-state index contributed by atoms with van der Waals surface area (Å²) in [6.07, 6.45) is 4.32. The van der Waals surface area contributed by atoms with Crippen LogP contribution in [0.1, 0.15) is 41.9 Å². The maximum atomic E-state index is 9.11. The van der Waals surface area contributed by atoms with Crippen molar-refractivity contribution in [3.05, 3.63) is 59.2 Å². The first-order valence-corrected chi connectivity index (χ1v) is 8.80. The topological polar surface area (TPSA) is 32.3 Å². The molecule has 1 heterocycles. The summed E-state index contributed by atoms with van der Waals surface area (Å²) in [5, 5.41) is 12.6. The summed E-state index contributed by atoms with van der Waals surface area (Å²) >= 11 is 0. The van der Waals surface area contributed by atoms with Gasteiger partial charge in [0.1, 0.15) is 0 Å². The minimum absolute atomic E-state index is 0.251. The van der Waals surface area contributed by atoms with Gasteiger partial charge in [-0.25, -0.2) is 0 Å². The predicted molar refractivity (Wildman–Crippen MR) is 96.9 cm³/mol. The summed E-state index contributed by atoms with van der Waals surface area (Å²) in [6.45, 7) is 4.75. The molecule has 1 saturated heterocycles. The normalized spacial score (nSPS) is 18.1. The number of hydrogen-bond acceptors (Lipinski definition) is 2. The molecule has 2 N–H and O–H groups in total. The van der Waals surface area contributed by atoms with Gasteiger partial charge in [-0.15, -0.1) is 0 Å². The fourth-order valence-electron chi connectivity index (χ4n) is 3.71. The molecule has 1 fully saturated rings. The van der Waals surface area contributed by atoms with E-state index in [1.165, 1.54) is 40.7 Å². The van der Waals surface area contributed by atoms with Crippen LogP contribution in [0.4, 0.5) is 0 Å². The van der Waals surface area contributed by atoms with E-state index in [9.17, 15) is 0 Å². The second kappa shape index (κ2) is 7.76. The van der Waals surface area contributed by atoms with Crippen molar-refractivity contribution in [3.63, 3.8) is 0 Å². The zero-order valence-corrected chi connectivity index (χ0v) is 14.0. The monoisotopic (exact) mass is 309 g/mol. The molecule has 1 aliphatic rings. The molecule has 0 bridgehead atoms. The molecule has 1 atom stereocenters. The third-order valence-corrected chi connectivity index (χ3v) is 4.94. The highest BCUT2D eigenvalue weighted by molar-refractivity contribution is 5.68. The zero-order valence-electron chi connectivity index (χ0n) is 14.0. The molecule has 0 unspecified atom stereocenters. The van der Waals surface area contributed by atoms with Gasteiger partial charge < -0.3 is 10.4 Å². The Kier molecular flexibility index (Phi) is 5.47. The molecule has 0 saturated carbocycles. The minimum Gasteiger partial charge on any atom is -0.396 e. The van der Waals surface area contributed by atoms with Crippen molar-refractivity contribution < 1.29 is 5.11 Å². The number of hydrogen-bond donors (Lipinski definition) is 2. The van der Waals surface area contributed by atoms with Crippen LogP contribution in [0.3, 0.4) is 0 Å². The maximum Gasteiger partial charge on any atom is 0.0434 e. The Bertz CT molecular complexity index is 644. The quantitative estimate of drug-likeness (QED) is 0.873. The molecule has 122 valence electrons. The highest BCUT2D eigenvalue weighted by Gasteiger charge is 2.17. The molecule has 0 aliphatic carbocycles. The smallest absolute Gasteiger partial charge is 0.0434 e. The number of aliphatic hydroxyl groups is 1. The van der Waals surface area contributed by atoms with Crippen LogP contribution in [-0.2, 0) is 6.42 Å². The summed E-state index contributed by atoms with van der Waals surface area (Å²) in [5.41, 5.74) is 6.82. The van der Waals surface area contributed by atoms with Gasteiger partial charge in [0, 0.05) is 13.2 Å². The molecule has 0 spiro atoms. The molecule has 3 rings (SSSR count). The van der Waals surface area contributed by atoms with E-state index in [1.54, 1.807) is 0 Å². The van der Waals surface area contributed by atoms with Crippen LogP contribution in [0, 0.1) is 6.92 Å². The molecule has 2 aromatic rings. The van der Waals surface area contributed by atoms with Crippen LogP contribution in [0.2, 0.25) is 0 Å². The van der Waals surface area contributed by atoms with Gasteiger partial charge in [0.15, 0.2) is 0 Å². The van der Waals surface area contributed by atoms with Crippen molar-refractivity contribution in [1.29, 1.82) is 0 Å². The maximum absolute atomic E-state index is 9.11. The Hall–Kier alpha value is -1.64. The number of piperidine rings is 1. The summed E-state index contributed by atoms with van der Waals surface area (Å²) in [7, 11) is 0. The fourth-order valence-corrected chi connectivity index (χ4v) is 3.71. The fraction of sp³-hybridized carbons (Fsp3) is 0.429. The van der Waals surface area contributed by atoms with Crippen molar-refractivity contribution in [2.24, 2.45) is 0 Å². The summed E-state index contributed by atoms with van der Waals surface area (Å²) in [4.78, 5) is 0. The zero-order chi connectivity index (χ0) is 16.1. The number of aliphatic hydroxyl groups excluding tert-OH is 1. The first-order chi connectivity index (χ1) is 11.3. The second-order valence-electron chi connectivity index (χ2n) is 6.60. The number of rotatable bonds is 5. The molecule has 23 heavy (non-hydrogen) atoms. The van der Waals surface area contributed by atoms with Gasteiger partial charge in [0.2, 0.25) is 0 Å². The highest BCUT2D eigenvalue weighted by atomic mass is 16.2. The lowest BCUT2D eigenvalue weighted by atomic mass is 9.86. The van der Waals surface area contributed by atoms with Crippen LogP contribution in [-0.4, -0.2) is 24.8 Å². The lowest BCUT2D eigenvalue weighted by Gasteiger charge is -2.25. The van der Waals surface area contributed by atoms with Gasteiger partial charge in [-0.05, 0) is 72.9 Å². The van der Waals surface area contributed by atoms with Crippen molar-refractivity contribution in [3.8, 4) is 11.1 Å². The van der Waals surface area contributed by atoms with E-state index in [1.807, 2.05) is 0 Å². The molecule has 2 heteroatoms. The summed E-state index contributed by atoms with van der Waals surface area (Å²) in [5.74, 6) is 0.655. The average molecular weight is 309 g/mol. The Labute approximate surface area is 139 Å². The Balaban J connectivity index is 1.88. The molecular formula is C21H27NO. The largest absolute Gasteiger partial charge is 0.396 e. The molecule has 1 aliphatic heterocycles. The van der Waals surface area contributed by atoms with Crippen LogP contribution in [0.15, 0.2) is 42.5 Å². The third kappa shape index (κ3) is 3.82. The molecule has 2 aromatic carbocycles. The van der Waals surface area contributed by atoms with E-state index >= 15 is 0 Å². The Morgan fingerprint density at radius 1 is 1.17 bits per heavy atom. The van der Waals surface area contributed by atoms with Crippen molar-refractivity contribution in [2.45, 2.75) is 38.5 Å². The number of nitrogens with one attached hydrogen (secondary N) is 1. The average Bonchev–Trinajstić information content (AvgIpc) is 2.61. The SMILES string of the molecule is Cc1cc(-c2ccccc2CCCO)ccc1[C@@H]1CCCNC1. The first kappa shape index (κ1) is 16.2. The van der Waals surface area contributed by atoms with Crippen LogP contribution < -0.4 is 5.32 Å². The molecule has 0 amide bonds. The van der Waals surface area contributed by atoms with Crippen molar-refractivity contribution >= 4 is 0 Å². The van der Waals surface area contributed by atoms with Gasteiger partial charge >= 0.3 is 0 Å². The van der Waals surface area contributed by atoms with Gasteiger partial charge in [-0.2, -0.15) is 0 Å². The van der Waals surface area contributed by atoms with E-state index < -0.39 is 0 Å². The van der Waals surface area contributed by atoms with E-state index in [0.29, 0.717) is 5.92 Å². The number of aryl methyl sites for hydroxylation is 2. The van der Waals surface area contributed by atoms with Gasteiger partial charge in [0.05, 0.1) is 0 Å². The molecule has 2 nitrogen and oxygen atoms in total. The van der Waals surface area contributed by atoms with Gasteiger partial charge in [-0.3, -0.25) is 0 Å². The molecule has 0 aromatic heterocycles. The van der Waals surface area contributed by atoms with Crippen LogP contribution >= 0.6 is 0 Å². The van der Waals surface area contributed by atoms with Crippen LogP contribution in [0.25, 0.3) is 11.1 Å². The van der Waals surface area contributed by atoms with Crippen molar-refractivity contribution in [1.82, 2.24) is 5.32 Å². The lowest BCUT2D eigenvalue weighted by Crippen LogP contribution is -2.28. The first-order valence-electron chi connectivity index (χ1n) is 8.80. The lowest BCUT2D eigenvalue weighted by molar-refractivity contribution is 0.288. The Morgan fingerprint density at radius 2 is 2.04 bits per heavy atom. The van der Waals surface area contributed by atoms with Crippen molar-refractivity contribution in [2.75, 3.05) is 19.7 Å².